The van der Waals surface area contributed by atoms with Crippen molar-refractivity contribution in [3.8, 4) is 0 Å². The van der Waals surface area contributed by atoms with E-state index in [1.54, 1.807) is 13.0 Å². The summed E-state index contributed by atoms with van der Waals surface area (Å²) in [6.45, 7) is 2.65. The molecule has 5 rings (SSSR count). The van der Waals surface area contributed by atoms with Crippen molar-refractivity contribution < 1.29 is 9.53 Å². The molecule has 1 saturated heterocycles. The third kappa shape index (κ3) is 4.39. The molecule has 1 aliphatic rings. The lowest BCUT2D eigenvalue weighted by Gasteiger charge is -2.30. The summed E-state index contributed by atoms with van der Waals surface area (Å²) in [7, 11) is 0. The van der Waals surface area contributed by atoms with Crippen molar-refractivity contribution in [3.63, 3.8) is 0 Å². The first-order chi connectivity index (χ1) is 16.9. The number of benzene rings is 1. The molecule has 3 aromatic heterocycles. The monoisotopic (exact) mass is 478 g/mol. The molecule has 0 aliphatic carbocycles. The van der Waals surface area contributed by atoms with Gasteiger partial charge in [-0.25, -0.2) is 9.78 Å². The van der Waals surface area contributed by atoms with E-state index in [0.29, 0.717) is 29.2 Å². The van der Waals surface area contributed by atoms with Gasteiger partial charge in [0.2, 0.25) is 5.95 Å². The highest BCUT2D eigenvalue weighted by Gasteiger charge is 2.24. The molecule has 0 amide bonds. The summed E-state index contributed by atoms with van der Waals surface area (Å²) in [6, 6.07) is 7.32. The van der Waals surface area contributed by atoms with Gasteiger partial charge in [-0.1, -0.05) is 12.1 Å². The second-order valence-electron chi connectivity index (χ2n) is 8.52. The maximum absolute atomic E-state index is 13.4. The summed E-state index contributed by atoms with van der Waals surface area (Å²) < 4.78 is 7.24. The highest BCUT2D eigenvalue weighted by Crippen LogP contribution is 2.19. The van der Waals surface area contributed by atoms with Gasteiger partial charge in [0.1, 0.15) is 6.54 Å². The molecule has 0 spiro atoms. The molecule has 4 aromatic rings. The zero-order chi connectivity index (χ0) is 24.5. The Balaban J connectivity index is 1.62. The highest BCUT2D eigenvalue weighted by atomic mass is 16.5. The molecule has 3 N–H and O–H groups in total. The van der Waals surface area contributed by atoms with Gasteiger partial charge in [-0.05, 0) is 31.9 Å². The Hall–Kier alpha value is -4.06. The van der Waals surface area contributed by atoms with Crippen molar-refractivity contribution in [3.05, 3.63) is 57.0 Å². The summed E-state index contributed by atoms with van der Waals surface area (Å²) in [6.07, 6.45) is 3.32. The number of para-hydroxylation sites is 2. The van der Waals surface area contributed by atoms with Crippen molar-refractivity contribution in [2.24, 2.45) is 5.73 Å². The van der Waals surface area contributed by atoms with E-state index in [4.69, 9.17) is 10.5 Å². The molecule has 1 fully saturated rings. The number of anilines is 1. The van der Waals surface area contributed by atoms with E-state index in [-0.39, 0.29) is 36.9 Å². The molecule has 1 atom stereocenters. The van der Waals surface area contributed by atoms with Gasteiger partial charge >= 0.3 is 11.7 Å². The van der Waals surface area contributed by atoms with Gasteiger partial charge in [0.05, 0.1) is 36.1 Å². The zero-order valence-corrected chi connectivity index (χ0v) is 19.3. The van der Waals surface area contributed by atoms with Gasteiger partial charge in [-0.15, -0.1) is 0 Å². The molecule has 0 radical (unpaired) electrons. The van der Waals surface area contributed by atoms with Crippen LogP contribution in [0.2, 0.25) is 0 Å². The van der Waals surface area contributed by atoms with Crippen LogP contribution in [0.3, 0.4) is 0 Å². The number of imidazole rings is 1. The van der Waals surface area contributed by atoms with Crippen molar-refractivity contribution in [1.82, 2.24) is 29.1 Å². The summed E-state index contributed by atoms with van der Waals surface area (Å²) in [5, 5.41) is 0. The van der Waals surface area contributed by atoms with Crippen molar-refractivity contribution in [1.29, 1.82) is 0 Å². The van der Waals surface area contributed by atoms with E-state index in [0.717, 1.165) is 28.5 Å². The van der Waals surface area contributed by atoms with E-state index in [1.165, 1.54) is 6.20 Å². The van der Waals surface area contributed by atoms with Crippen LogP contribution in [0.4, 0.5) is 5.95 Å². The number of fused-ring (bicyclic) bond motifs is 2. The predicted octanol–water partition coefficient (Wildman–Crippen LogP) is 0.368. The molecule has 1 unspecified atom stereocenters. The fourth-order valence-corrected chi connectivity index (χ4v) is 4.36. The van der Waals surface area contributed by atoms with Gasteiger partial charge in [-0.2, -0.15) is 4.98 Å². The number of esters is 1. The Morgan fingerprint density at radius 1 is 1.20 bits per heavy atom. The first-order valence-corrected chi connectivity index (χ1v) is 11.5. The minimum atomic E-state index is -0.682. The lowest BCUT2D eigenvalue weighted by molar-refractivity contribution is -0.143. The van der Waals surface area contributed by atoms with Crippen molar-refractivity contribution in [2.45, 2.75) is 38.9 Å². The minimum Gasteiger partial charge on any atom is -0.465 e. The smallest absolute Gasteiger partial charge is 0.333 e. The Kier molecular flexibility index (Phi) is 6.03. The van der Waals surface area contributed by atoms with Crippen LogP contribution in [0.25, 0.3) is 22.2 Å². The number of nitrogens with one attached hydrogen (secondary N) is 1. The average molecular weight is 479 g/mol. The first kappa shape index (κ1) is 22.7. The topological polar surface area (TPSA) is 154 Å². The first-order valence-electron chi connectivity index (χ1n) is 11.5. The quantitative estimate of drug-likeness (QED) is 0.374. The number of aromatic amines is 1. The zero-order valence-electron chi connectivity index (χ0n) is 19.3. The molecule has 1 aromatic carbocycles. The summed E-state index contributed by atoms with van der Waals surface area (Å²) in [4.78, 5) is 57.6. The van der Waals surface area contributed by atoms with Gasteiger partial charge in [0, 0.05) is 19.1 Å². The van der Waals surface area contributed by atoms with Gasteiger partial charge in [-0.3, -0.25) is 23.7 Å². The molecule has 12 heteroatoms. The van der Waals surface area contributed by atoms with Crippen LogP contribution in [0.1, 0.15) is 25.5 Å². The van der Waals surface area contributed by atoms with Crippen molar-refractivity contribution in [2.75, 3.05) is 24.6 Å². The maximum Gasteiger partial charge on any atom is 0.333 e. The SMILES string of the molecule is CCOC(=O)Cn1c(=O)n(Cc2cnc3ccccc3n2)c(=O)c2[nH]c(N3CCCC(N)C3)nc21. The Morgan fingerprint density at radius 3 is 2.77 bits per heavy atom. The van der Waals surface area contributed by atoms with Gasteiger partial charge in [0.15, 0.2) is 11.2 Å². The number of carbonyl (C=O) groups is 1. The fraction of sp³-hybridized carbons (Fsp3) is 0.391. The number of carbonyl (C=O) groups excluding carboxylic acids is 1. The number of H-pyrrole nitrogens is 1. The predicted molar refractivity (Wildman–Crippen MR) is 129 cm³/mol. The molecule has 0 bridgehead atoms. The minimum absolute atomic E-state index is 0.0122. The van der Waals surface area contributed by atoms with E-state index in [2.05, 4.69) is 19.9 Å². The second kappa shape index (κ2) is 9.29. The molecule has 12 nitrogen and oxygen atoms in total. The lowest BCUT2D eigenvalue weighted by Crippen LogP contribution is -2.43. The third-order valence-corrected chi connectivity index (χ3v) is 6.02. The van der Waals surface area contributed by atoms with Crippen LogP contribution in [0.5, 0.6) is 0 Å². The summed E-state index contributed by atoms with van der Waals surface area (Å²) >= 11 is 0. The van der Waals surface area contributed by atoms with E-state index in [9.17, 15) is 14.4 Å². The third-order valence-electron chi connectivity index (χ3n) is 6.02. The van der Waals surface area contributed by atoms with Gasteiger partial charge < -0.3 is 20.4 Å². The number of ether oxygens (including phenoxy) is 1. The average Bonchev–Trinajstić information content (AvgIpc) is 3.30. The number of aromatic nitrogens is 6. The molecule has 35 heavy (non-hydrogen) atoms. The van der Waals surface area contributed by atoms with Crippen LogP contribution < -0.4 is 21.9 Å². The maximum atomic E-state index is 13.4. The largest absolute Gasteiger partial charge is 0.465 e. The highest BCUT2D eigenvalue weighted by molar-refractivity contribution is 5.76. The Morgan fingerprint density at radius 2 is 2.00 bits per heavy atom. The van der Waals surface area contributed by atoms with E-state index in [1.807, 2.05) is 23.1 Å². The normalized spacial score (nSPS) is 16.2. The number of nitrogens with zero attached hydrogens (tertiary/aromatic N) is 6. The van der Waals surface area contributed by atoms with E-state index < -0.39 is 17.2 Å². The molecular weight excluding hydrogens is 452 g/mol. The van der Waals surface area contributed by atoms with E-state index >= 15 is 0 Å². The van der Waals surface area contributed by atoms with Crippen LogP contribution in [0, 0.1) is 0 Å². The van der Waals surface area contributed by atoms with Crippen molar-refractivity contribution >= 4 is 34.1 Å². The number of nitrogens with two attached hydrogens (primary N) is 1. The number of rotatable bonds is 6. The number of hydrogen-bond donors (Lipinski definition) is 2. The Labute approximate surface area is 199 Å². The van der Waals surface area contributed by atoms with Crippen LogP contribution in [0.15, 0.2) is 40.1 Å². The fourth-order valence-electron chi connectivity index (χ4n) is 4.36. The molecule has 0 saturated carbocycles. The van der Waals surface area contributed by atoms with Crippen LogP contribution >= 0.6 is 0 Å². The summed E-state index contributed by atoms with van der Waals surface area (Å²) in [5.41, 5.74) is 6.89. The lowest BCUT2D eigenvalue weighted by atomic mass is 10.1. The molecule has 4 heterocycles. The Bertz CT molecular complexity index is 1520. The standard InChI is InChI=1S/C23H26N8O4/c1-2-35-18(32)13-30-20-19(27-22(28-20)29-9-5-6-14(24)11-29)21(33)31(23(30)34)12-15-10-25-16-7-3-4-8-17(16)26-15/h3-4,7-8,10,14H,2,5-6,9,11-13,24H2,1H3,(H,27,28). The number of piperidine rings is 1. The molecule has 182 valence electrons. The van der Waals surface area contributed by atoms with Gasteiger partial charge in [0.25, 0.3) is 5.56 Å². The van der Waals surface area contributed by atoms with Crippen LogP contribution in [-0.4, -0.2) is 60.8 Å². The van der Waals surface area contributed by atoms with Crippen LogP contribution in [-0.2, 0) is 22.6 Å². The summed E-state index contributed by atoms with van der Waals surface area (Å²) in [5.74, 6) is -0.163. The number of hydrogen-bond acceptors (Lipinski definition) is 9. The molecule has 1 aliphatic heterocycles. The molecular formula is C23H26N8O4. The second-order valence-corrected chi connectivity index (χ2v) is 8.52.